The number of piperidine rings is 5. The van der Waals surface area contributed by atoms with Crippen LogP contribution >= 0.6 is 0 Å². The van der Waals surface area contributed by atoms with Crippen LogP contribution in [0.3, 0.4) is 0 Å². The lowest BCUT2D eigenvalue weighted by Crippen LogP contribution is -2.68. The highest BCUT2D eigenvalue weighted by Gasteiger charge is 2.57. The molecule has 1 saturated carbocycles. The van der Waals surface area contributed by atoms with Gasteiger partial charge in [0.15, 0.2) is 0 Å². The van der Waals surface area contributed by atoms with E-state index in [2.05, 4.69) is 178 Å². The monoisotopic (exact) mass is 916 g/mol. The van der Waals surface area contributed by atoms with Gasteiger partial charge in [-0.15, -0.1) is 0 Å². The van der Waals surface area contributed by atoms with Crippen LogP contribution in [0.25, 0.3) is 0 Å². The molecule has 6 rings (SSSR count). The molecule has 5 saturated heterocycles. The minimum absolute atomic E-state index is 0.000909. The maximum atomic E-state index is 7.90. The van der Waals surface area contributed by atoms with Crippen LogP contribution in [0.15, 0.2) is 0 Å². The predicted octanol–water partition coefficient (Wildman–Crippen LogP) is 10.3. The highest BCUT2D eigenvalue weighted by molar-refractivity contribution is 5.09. The van der Waals surface area contributed by atoms with Gasteiger partial charge in [-0.2, -0.15) is 0 Å². The molecule has 0 radical (unpaired) electrons. The van der Waals surface area contributed by atoms with Crippen molar-refractivity contribution in [3.8, 4) is 0 Å². The Morgan fingerprint density at radius 1 is 0.323 bits per heavy atom. The molecular formula is C55H105N5O5. The molecule has 65 heavy (non-hydrogen) atoms. The molecule has 0 aromatic rings. The smallest absolute Gasteiger partial charge is 0.115 e. The van der Waals surface area contributed by atoms with Crippen LogP contribution < -0.4 is 16.0 Å². The third-order valence-corrected chi connectivity index (χ3v) is 16.6. The van der Waals surface area contributed by atoms with E-state index in [1.165, 1.54) is 0 Å². The molecule has 0 amide bonds. The van der Waals surface area contributed by atoms with Crippen LogP contribution in [0, 0.1) is 0 Å². The van der Waals surface area contributed by atoms with E-state index in [0.29, 0.717) is 6.42 Å². The fourth-order valence-electron chi connectivity index (χ4n) is 16.4. The first-order chi connectivity index (χ1) is 29.4. The maximum Gasteiger partial charge on any atom is 0.115 e. The van der Waals surface area contributed by atoms with Crippen LogP contribution in [-0.2, 0) is 23.7 Å². The van der Waals surface area contributed by atoms with Crippen molar-refractivity contribution in [3.63, 3.8) is 0 Å². The molecule has 380 valence electrons. The highest BCUT2D eigenvalue weighted by Crippen LogP contribution is 2.47. The van der Waals surface area contributed by atoms with E-state index in [9.17, 15) is 0 Å². The molecule has 0 aromatic heterocycles. The Labute approximate surface area is 400 Å². The Balaban J connectivity index is 1.49. The quantitative estimate of drug-likeness (QED) is 0.176. The summed E-state index contributed by atoms with van der Waals surface area (Å²) in [4.78, 5) is 5.37. The predicted molar refractivity (Wildman–Crippen MR) is 269 cm³/mol. The molecule has 5 unspecified atom stereocenters. The lowest BCUT2D eigenvalue weighted by atomic mass is 9.76. The summed E-state index contributed by atoms with van der Waals surface area (Å²) in [5, 5.41) is 11.8. The second-order valence-corrected chi connectivity index (χ2v) is 29.0. The van der Waals surface area contributed by atoms with Gasteiger partial charge >= 0.3 is 0 Å². The molecule has 5 atom stereocenters. The van der Waals surface area contributed by atoms with Gasteiger partial charge in [-0.25, -0.2) is 0 Å². The van der Waals surface area contributed by atoms with Gasteiger partial charge in [-0.05, 0) is 216 Å². The van der Waals surface area contributed by atoms with Gasteiger partial charge in [0, 0.05) is 61.8 Å². The second kappa shape index (κ2) is 18.3. The Kier molecular flexibility index (Phi) is 15.2. The SMILES string of the molecule is CCN1C(C)(C)CC(OC2CC(OC3CC(C)(C)NC(C)(C)C3)C(OC3CC(C)(C)N(CC)C(C)(C)C3)C(OC3CC(C)(C)NC(C)(C)C3)C2OC2CC(C)(C)NC(C)(C)C2)CC1(C)C. The van der Waals surface area contributed by atoms with Crippen molar-refractivity contribution in [1.29, 1.82) is 0 Å². The summed E-state index contributed by atoms with van der Waals surface area (Å²) in [6, 6.07) is 0. The van der Waals surface area contributed by atoms with E-state index >= 15 is 0 Å². The third-order valence-electron chi connectivity index (χ3n) is 16.6. The Morgan fingerprint density at radius 3 is 0.800 bits per heavy atom. The molecule has 0 aromatic carbocycles. The fraction of sp³-hybridized carbons (Fsp3) is 1.00. The fourth-order valence-corrected chi connectivity index (χ4v) is 16.4. The van der Waals surface area contributed by atoms with Crippen molar-refractivity contribution in [3.05, 3.63) is 0 Å². The highest BCUT2D eigenvalue weighted by atomic mass is 16.6. The van der Waals surface area contributed by atoms with Crippen LogP contribution in [0.4, 0.5) is 0 Å². The number of rotatable bonds is 12. The number of hydrogen-bond acceptors (Lipinski definition) is 10. The summed E-state index contributed by atoms with van der Waals surface area (Å²) in [6.45, 7) is 54.0. The lowest BCUT2D eigenvalue weighted by Gasteiger charge is -2.58. The first-order valence-electron chi connectivity index (χ1n) is 26.6. The summed E-state index contributed by atoms with van der Waals surface area (Å²) in [5.41, 5.74) is -0.596. The van der Waals surface area contributed by atoms with Crippen LogP contribution in [0.5, 0.6) is 0 Å². The van der Waals surface area contributed by atoms with Crippen molar-refractivity contribution < 1.29 is 23.7 Å². The van der Waals surface area contributed by atoms with Crippen LogP contribution in [0.2, 0.25) is 0 Å². The topological polar surface area (TPSA) is 88.7 Å². The molecule has 10 nitrogen and oxygen atoms in total. The van der Waals surface area contributed by atoms with Crippen molar-refractivity contribution in [2.45, 2.75) is 339 Å². The minimum atomic E-state index is -0.399. The van der Waals surface area contributed by atoms with E-state index in [1.54, 1.807) is 0 Å². The maximum absolute atomic E-state index is 7.90. The van der Waals surface area contributed by atoms with E-state index in [1.807, 2.05) is 0 Å². The van der Waals surface area contributed by atoms with Gasteiger partial charge in [-0.1, -0.05) is 13.8 Å². The second-order valence-electron chi connectivity index (χ2n) is 29.0. The molecule has 10 heteroatoms. The van der Waals surface area contributed by atoms with E-state index in [0.717, 1.165) is 77.3 Å². The zero-order valence-electron chi connectivity index (χ0n) is 46.4. The number of nitrogens with zero attached hydrogens (tertiary/aromatic N) is 2. The molecule has 5 aliphatic heterocycles. The zero-order chi connectivity index (χ0) is 48.8. The van der Waals surface area contributed by atoms with Gasteiger partial charge < -0.3 is 39.6 Å². The average molecular weight is 916 g/mol. The Morgan fingerprint density at radius 2 is 0.538 bits per heavy atom. The normalized spacial score (nSPS) is 36.4. The number of likely N-dealkylation sites (tertiary alicyclic amines) is 2. The first kappa shape index (κ1) is 53.9. The van der Waals surface area contributed by atoms with Gasteiger partial charge in [0.05, 0.1) is 42.7 Å². The number of nitrogens with one attached hydrogen (secondary N) is 3. The molecule has 0 bridgehead atoms. The van der Waals surface area contributed by atoms with Crippen molar-refractivity contribution >= 4 is 0 Å². The molecule has 1 aliphatic carbocycles. The Hall–Kier alpha value is -0.400. The van der Waals surface area contributed by atoms with Crippen molar-refractivity contribution in [2.75, 3.05) is 13.1 Å². The standard InChI is InChI=1S/C55H105N5O5/c1-23-59-52(15,16)32-39(33-53(59,17)18)62-42-25-41(61-36-26-46(3,4)56-47(5,6)27-36)44(64-40-34-54(19,20)60(24-2)55(21,22)35-40)45(65-38-30-50(11,12)58-51(13,14)31-38)43(42)63-37-28-48(7,8)57-49(9,10)29-37/h36-45,56-58H,23-35H2,1-22H3. The van der Waals surface area contributed by atoms with Gasteiger partial charge in [0.1, 0.15) is 18.3 Å². The van der Waals surface area contributed by atoms with Crippen molar-refractivity contribution in [2.24, 2.45) is 0 Å². The zero-order valence-corrected chi connectivity index (χ0v) is 46.4. The molecular weight excluding hydrogens is 811 g/mol. The Bertz CT molecular complexity index is 1530. The largest absolute Gasteiger partial charge is 0.372 e. The van der Waals surface area contributed by atoms with E-state index < -0.39 is 6.10 Å². The summed E-state index contributed by atoms with van der Waals surface area (Å²) >= 11 is 0. The molecule has 3 N–H and O–H groups in total. The molecule has 5 heterocycles. The average Bonchev–Trinajstić information content (AvgIpc) is 3.01. The summed E-state index contributed by atoms with van der Waals surface area (Å²) in [7, 11) is 0. The van der Waals surface area contributed by atoms with Gasteiger partial charge in [-0.3, -0.25) is 9.80 Å². The van der Waals surface area contributed by atoms with Gasteiger partial charge in [0.25, 0.3) is 0 Å². The molecule has 6 fully saturated rings. The summed E-state index contributed by atoms with van der Waals surface area (Å²) in [5.74, 6) is 0. The molecule has 6 aliphatic rings. The van der Waals surface area contributed by atoms with E-state index in [-0.39, 0.29) is 110 Å². The minimum Gasteiger partial charge on any atom is -0.372 e. The molecule has 0 spiro atoms. The van der Waals surface area contributed by atoms with Gasteiger partial charge in [0.2, 0.25) is 0 Å². The summed E-state index contributed by atoms with van der Waals surface area (Å²) in [6.07, 6.45) is 8.63. The number of hydrogen-bond donors (Lipinski definition) is 3. The lowest BCUT2D eigenvalue weighted by molar-refractivity contribution is -0.291. The van der Waals surface area contributed by atoms with E-state index in [4.69, 9.17) is 23.7 Å². The van der Waals surface area contributed by atoms with Crippen LogP contribution in [0.1, 0.15) is 223 Å². The summed E-state index contributed by atoms with van der Waals surface area (Å²) < 4.78 is 39.1. The van der Waals surface area contributed by atoms with Crippen LogP contribution in [-0.4, -0.2) is 139 Å². The third kappa shape index (κ3) is 13.1. The number of ether oxygens (including phenoxy) is 5. The first-order valence-corrected chi connectivity index (χ1v) is 26.6. The van der Waals surface area contributed by atoms with Crippen molar-refractivity contribution in [1.82, 2.24) is 25.8 Å².